The van der Waals surface area contributed by atoms with E-state index in [4.69, 9.17) is 4.74 Å². The summed E-state index contributed by atoms with van der Waals surface area (Å²) < 4.78 is 5.51. The zero-order valence-corrected chi connectivity index (χ0v) is 8.20. The molecule has 0 aromatic heterocycles. The van der Waals surface area contributed by atoms with Crippen molar-refractivity contribution in [1.29, 1.82) is 0 Å². The molecule has 72 valence electrons. The summed E-state index contributed by atoms with van der Waals surface area (Å²) in [7, 11) is 0. The first kappa shape index (κ1) is 8.97. The van der Waals surface area contributed by atoms with E-state index < -0.39 is 0 Å². The van der Waals surface area contributed by atoms with Gasteiger partial charge in [-0.3, -0.25) is 0 Å². The molecule has 0 saturated heterocycles. The van der Waals surface area contributed by atoms with E-state index in [2.05, 4.69) is 18.8 Å². The monoisotopic (exact) mass is 189 g/mol. The van der Waals surface area contributed by atoms with Crippen molar-refractivity contribution in [3.8, 4) is 5.75 Å². The molecular formula is C11H11NO2. The minimum Gasteiger partial charge on any atom is -0.492 e. The highest BCUT2D eigenvalue weighted by Gasteiger charge is 2.31. The van der Waals surface area contributed by atoms with Gasteiger partial charge in [-0.15, -0.1) is 0 Å². The predicted octanol–water partition coefficient (Wildman–Crippen LogP) is 2.32. The summed E-state index contributed by atoms with van der Waals surface area (Å²) in [6.45, 7) is 4.93. The molecule has 0 aliphatic carbocycles. The molecule has 0 bridgehead atoms. The Morgan fingerprint density at radius 2 is 2.29 bits per heavy atom. The number of benzene rings is 1. The molecule has 1 aromatic rings. The van der Waals surface area contributed by atoms with Gasteiger partial charge >= 0.3 is 0 Å². The third kappa shape index (κ3) is 1.32. The molecule has 0 atom stereocenters. The summed E-state index contributed by atoms with van der Waals surface area (Å²) in [5, 5.41) is 0. The summed E-state index contributed by atoms with van der Waals surface area (Å²) in [4.78, 5) is 13.6. The SMILES string of the molecule is CC1(C)COc2cc(N=C=O)ccc21. The summed E-state index contributed by atoms with van der Waals surface area (Å²) >= 11 is 0. The average Bonchev–Trinajstić information content (AvgIpc) is 2.43. The van der Waals surface area contributed by atoms with E-state index in [1.165, 1.54) is 11.6 Å². The molecule has 0 N–H and O–H groups in total. The predicted molar refractivity (Wildman–Crippen MR) is 52.7 cm³/mol. The van der Waals surface area contributed by atoms with Crippen molar-refractivity contribution in [2.24, 2.45) is 4.99 Å². The van der Waals surface area contributed by atoms with Gasteiger partial charge in [-0.25, -0.2) is 4.79 Å². The smallest absolute Gasteiger partial charge is 0.240 e. The van der Waals surface area contributed by atoms with Crippen molar-refractivity contribution in [2.75, 3.05) is 6.61 Å². The Bertz CT molecular complexity index is 417. The highest BCUT2D eigenvalue weighted by atomic mass is 16.5. The van der Waals surface area contributed by atoms with Gasteiger partial charge in [0.2, 0.25) is 6.08 Å². The van der Waals surface area contributed by atoms with E-state index in [0.717, 1.165) is 5.75 Å². The topological polar surface area (TPSA) is 38.7 Å². The van der Waals surface area contributed by atoms with Gasteiger partial charge in [0, 0.05) is 17.0 Å². The Morgan fingerprint density at radius 3 is 3.00 bits per heavy atom. The van der Waals surface area contributed by atoms with Crippen molar-refractivity contribution in [1.82, 2.24) is 0 Å². The van der Waals surface area contributed by atoms with Gasteiger partial charge in [-0.2, -0.15) is 4.99 Å². The van der Waals surface area contributed by atoms with Crippen molar-refractivity contribution in [3.05, 3.63) is 23.8 Å². The number of hydrogen-bond donors (Lipinski definition) is 0. The Kier molecular flexibility index (Phi) is 1.90. The number of rotatable bonds is 1. The van der Waals surface area contributed by atoms with Crippen molar-refractivity contribution in [2.45, 2.75) is 19.3 Å². The van der Waals surface area contributed by atoms with Gasteiger partial charge in [-0.05, 0) is 6.07 Å². The lowest BCUT2D eigenvalue weighted by Gasteiger charge is -2.14. The zero-order chi connectivity index (χ0) is 10.2. The van der Waals surface area contributed by atoms with E-state index in [-0.39, 0.29) is 5.41 Å². The van der Waals surface area contributed by atoms with E-state index in [0.29, 0.717) is 12.3 Å². The minimum absolute atomic E-state index is 0.0543. The Balaban J connectivity index is 2.49. The summed E-state index contributed by atoms with van der Waals surface area (Å²) in [6.07, 6.45) is 1.52. The van der Waals surface area contributed by atoms with Crippen LogP contribution in [0.3, 0.4) is 0 Å². The summed E-state index contributed by atoms with van der Waals surface area (Å²) in [5.74, 6) is 0.825. The van der Waals surface area contributed by atoms with Gasteiger partial charge in [0.25, 0.3) is 0 Å². The van der Waals surface area contributed by atoms with E-state index >= 15 is 0 Å². The second-order valence-corrected chi connectivity index (χ2v) is 4.06. The molecule has 0 radical (unpaired) electrons. The third-order valence-corrected chi connectivity index (χ3v) is 2.46. The van der Waals surface area contributed by atoms with Crippen LogP contribution in [0.4, 0.5) is 5.69 Å². The van der Waals surface area contributed by atoms with Gasteiger partial charge < -0.3 is 4.74 Å². The van der Waals surface area contributed by atoms with Gasteiger partial charge in [0.15, 0.2) is 0 Å². The van der Waals surface area contributed by atoms with Gasteiger partial charge in [0.05, 0.1) is 12.3 Å². The first-order chi connectivity index (χ1) is 6.63. The van der Waals surface area contributed by atoms with Crippen LogP contribution in [0.25, 0.3) is 0 Å². The zero-order valence-electron chi connectivity index (χ0n) is 8.20. The molecule has 2 rings (SSSR count). The second kappa shape index (κ2) is 2.96. The average molecular weight is 189 g/mol. The first-order valence-electron chi connectivity index (χ1n) is 4.49. The Morgan fingerprint density at radius 1 is 1.50 bits per heavy atom. The molecule has 0 saturated carbocycles. The van der Waals surface area contributed by atoms with E-state index in [9.17, 15) is 4.79 Å². The number of nitrogens with zero attached hydrogens (tertiary/aromatic N) is 1. The molecule has 1 heterocycles. The number of ether oxygens (including phenoxy) is 1. The molecule has 3 heteroatoms. The van der Waals surface area contributed by atoms with E-state index in [1.54, 1.807) is 12.1 Å². The molecule has 0 unspecified atom stereocenters. The highest BCUT2D eigenvalue weighted by molar-refractivity contribution is 5.56. The van der Waals surface area contributed by atoms with Crippen LogP contribution in [0.15, 0.2) is 23.2 Å². The van der Waals surface area contributed by atoms with Crippen LogP contribution >= 0.6 is 0 Å². The van der Waals surface area contributed by atoms with Crippen molar-refractivity contribution >= 4 is 11.8 Å². The molecule has 0 fully saturated rings. The highest BCUT2D eigenvalue weighted by Crippen LogP contribution is 2.39. The molecule has 1 aliphatic rings. The van der Waals surface area contributed by atoms with Crippen molar-refractivity contribution in [3.63, 3.8) is 0 Å². The lowest BCUT2D eigenvalue weighted by Crippen LogP contribution is -2.18. The van der Waals surface area contributed by atoms with Crippen LogP contribution in [0.2, 0.25) is 0 Å². The fraction of sp³-hybridized carbons (Fsp3) is 0.364. The number of hydrogen-bond acceptors (Lipinski definition) is 3. The lowest BCUT2D eigenvalue weighted by molar-refractivity contribution is 0.291. The maximum atomic E-state index is 10.1. The number of carbonyl (C=O) groups excluding carboxylic acids is 1. The summed E-state index contributed by atoms with van der Waals surface area (Å²) in [6, 6.07) is 5.54. The first-order valence-corrected chi connectivity index (χ1v) is 4.49. The maximum absolute atomic E-state index is 10.1. The molecule has 1 aliphatic heterocycles. The standard InChI is InChI=1S/C11H11NO2/c1-11(2)6-14-10-5-8(12-7-13)3-4-9(10)11/h3-5H,6H2,1-2H3. The van der Waals surface area contributed by atoms with Crippen LogP contribution in [0, 0.1) is 0 Å². The maximum Gasteiger partial charge on any atom is 0.240 e. The van der Waals surface area contributed by atoms with Crippen LogP contribution in [0.1, 0.15) is 19.4 Å². The molecule has 0 spiro atoms. The Hall–Kier alpha value is -1.60. The molecule has 0 amide bonds. The van der Waals surface area contributed by atoms with Gasteiger partial charge in [0.1, 0.15) is 5.75 Å². The van der Waals surface area contributed by atoms with Crippen LogP contribution in [-0.2, 0) is 10.2 Å². The quantitative estimate of drug-likeness (QED) is 0.502. The molecular weight excluding hydrogens is 178 g/mol. The lowest BCUT2D eigenvalue weighted by atomic mass is 9.87. The normalized spacial score (nSPS) is 16.7. The number of aliphatic imine (C=N–C) groups is 1. The summed E-state index contributed by atoms with van der Waals surface area (Å²) in [5.41, 5.74) is 1.82. The molecule has 3 nitrogen and oxygen atoms in total. The fourth-order valence-electron chi connectivity index (χ4n) is 1.65. The minimum atomic E-state index is 0.0543. The van der Waals surface area contributed by atoms with Crippen molar-refractivity contribution < 1.29 is 9.53 Å². The number of isocyanates is 1. The molecule has 14 heavy (non-hydrogen) atoms. The van der Waals surface area contributed by atoms with E-state index in [1.807, 2.05) is 6.07 Å². The number of fused-ring (bicyclic) bond motifs is 1. The van der Waals surface area contributed by atoms with Crippen LogP contribution < -0.4 is 4.74 Å². The Labute approximate surface area is 82.4 Å². The van der Waals surface area contributed by atoms with Crippen LogP contribution in [-0.4, -0.2) is 12.7 Å². The largest absolute Gasteiger partial charge is 0.492 e. The third-order valence-electron chi connectivity index (χ3n) is 2.46. The molecule has 1 aromatic carbocycles. The second-order valence-electron chi connectivity index (χ2n) is 4.06. The fourth-order valence-corrected chi connectivity index (χ4v) is 1.65. The van der Waals surface area contributed by atoms with Crippen LogP contribution in [0.5, 0.6) is 5.75 Å². The van der Waals surface area contributed by atoms with Gasteiger partial charge in [-0.1, -0.05) is 19.9 Å².